The van der Waals surface area contributed by atoms with Crippen molar-refractivity contribution in [1.29, 1.82) is 0 Å². The van der Waals surface area contributed by atoms with Crippen molar-refractivity contribution in [3.63, 3.8) is 0 Å². The normalized spacial score (nSPS) is 18.9. The highest BCUT2D eigenvalue weighted by Crippen LogP contribution is 2.27. The van der Waals surface area contributed by atoms with Crippen LogP contribution in [0.1, 0.15) is 57.0 Å². The molecule has 176 valence electrons. The van der Waals surface area contributed by atoms with Crippen LogP contribution in [0.25, 0.3) is 0 Å². The van der Waals surface area contributed by atoms with Gasteiger partial charge in [0, 0.05) is 56.1 Å². The standard InChI is InChI=1S/C21H33N7O4/c1-15-23-13-16(14-24-15)17(6-12-32-31)28-11-10-27(20(28)30)9-4-5-18(29)25-19-22-8-7-21(2,3)26-19/h13-14,17,31H,4-12H2,1-3H3,(H2,22,25,26,29)/t17-/m0/s1. The van der Waals surface area contributed by atoms with Crippen LogP contribution < -0.4 is 10.6 Å². The van der Waals surface area contributed by atoms with Gasteiger partial charge in [-0.3, -0.25) is 20.4 Å². The smallest absolute Gasteiger partial charge is 0.320 e. The summed E-state index contributed by atoms with van der Waals surface area (Å²) in [5.74, 6) is 1.05. The fourth-order valence-electron chi connectivity index (χ4n) is 3.90. The van der Waals surface area contributed by atoms with Crippen LogP contribution in [-0.4, -0.2) is 81.2 Å². The van der Waals surface area contributed by atoms with Crippen molar-refractivity contribution >= 4 is 17.9 Å². The predicted molar refractivity (Wildman–Crippen MR) is 118 cm³/mol. The topological polar surface area (TPSA) is 132 Å². The second kappa shape index (κ2) is 10.7. The molecule has 0 bridgehead atoms. The molecule has 3 heterocycles. The Balaban J connectivity index is 1.50. The third-order valence-corrected chi connectivity index (χ3v) is 5.72. The number of carbonyl (C=O) groups is 2. The summed E-state index contributed by atoms with van der Waals surface area (Å²) in [6, 6.07) is -0.392. The van der Waals surface area contributed by atoms with Gasteiger partial charge in [0.2, 0.25) is 5.91 Å². The molecule has 11 heteroatoms. The molecule has 2 aliphatic rings. The van der Waals surface area contributed by atoms with Crippen molar-refractivity contribution in [3.8, 4) is 0 Å². The molecule has 3 N–H and O–H groups in total. The molecule has 1 fully saturated rings. The number of urea groups is 1. The summed E-state index contributed by atoms with van der Waals surface area (Å²) >= 11 is 0. The van der Waals surface area contributed by atoms with E-state index in [0.717, 1.165) is 12.0 Å². The average molecular weight is 448 g/mol. The lowest BCUT2D eigenvalue weighted by Crippen LogP contribution is -2.53. The lowest BCUT2D eigenvalue weighted by Gasteiger charge is -2.31. The molecular weight excluding hydrogens is 414 g/mol. The van der Waals surface area contributed by atoms with Gasteiger partial charge in [-0.1, -0.05) is 0 Å². The Morgan fingerprint density at radius 3 is 2.78 bits per heavy atom. The van der Waals surface area contributed by atoms with E-state index < -0.39 is 0 Å². The minimum atomic E-state index is -0.290. The maximum atomic E-state index is 13.0. The zero-order valence-corrected chi connectivity index (χ0v) is 19.0. The van der Waals surface area contributed by atoms with Crippen LogP contribution in [-0.2, 0) is 9.68 Å². The fourth-order valence-corrected chi connectivity index (χ4v) is 3.90. The van der Waals surface area contributed by atoms with Crippen LogP contribution >= 0.6 is 0 Å². The molecule has 11 nitrogen and oxygen atoms in total. The summed E-state index contributed by atoms with van der Waals surface area (Å²) in [6.45, 7) is 8.33. The highest BCUT2D eigenvalue weighted by atomic mass is 17.1. The van der Waals surface area contributed by atoms with Crippen LogP contribution in [0.4, 0.5) is 4.79 Å². The summed E-state index contributed by atoms with van der Waals surface area (Å²) in [5.41, 5.74) is 0.710. The molecule has 1 aromatic rings. The average Bonchev–Trinajstić information content (AvgIpc) is 3.09. The van der Waals surface area contributed by atoms with Crippen molar-refractivity contribution < 1.29 is 19.7 Å². The van der Waals surface area contributed by atoms with Gasteiger partial charge < -0.3 is 15.1 Å². The monoisotopic (exact) mass is 447 g/mol. The number of aryl methyl sites for hydroxylation is 1. The highest BCUT2D eigenvalue weighted by molar-refractivity contribution is 5.97. The van der Waals surface area contributed by atoms with Crippen LogP contribution in [0.3, 0.4) is 0 Å². The van der Waals surface area contributed by atoms with Gasteiger partial charge in [0.05, 0.1) is 12.6 Å². The van der Waals surface area contributed by atoms with Crippen LogP contribution in [0.2, 0.25) is 0 Å². The quantitative estimate of drug-likeness (QED) is 0.386. The van der Waals surface area contributed by atoms with Gasteiger partial charge in [-0.15, -0.1) is 0 Å². The van der Waals surface area contributed by atoms with Gasteiger partial charge in [-0.25, -0.2) is 19.7 Å². The van der Waals surface area contributed by atoms with Gasteiger partial charge in [0.25, 0.3) is 0 Å². The second-order valence-electron chi connectivity index (χ2n) is 8.81. The van der Waals surface area contributed by atoms with Crippen molar-refractivity contribution in [3.05, 3.63) is 23.8 Å². The Labute approximate surface area is 188 Å². The van der Waals surface area contributed by atoms with Crippen molar-refractivity contribution in [1.82, 2.24) is 30.4 Å². The first-order valence-electron chi connectivity index (χ1n) is 11.0. The molecule has 1 saturated heterocycles. The Bertz CT molecular complexity index is 828. The number of nitrogens with one attached hydrogen (secondary N) is 2. The van der Waals surface area contributed by atoms with E-state index in [2.05, 4.69) is 44.3 Å². The van der Waals surface area contributed by atoms with E-state index in [0.29, 0.717) is 57.2 Å². The maximum absolute atomic E-state index is 13.0. The molecular formula is C21H33N7O4. The highest BCUT2D eigenvalue weighted by Gasteiger charge is 2.34. The maximum Gasteiger partial charge on any atom is 0.320 e. The molecule has 1 aromatic heterocycles. The Morgan fingerprint density at radius 2 is 2.09 bits per heavy atom. The summed E-state index contributed by atoms with van der Waals surface area (Å²) in [4.78, 5) is 45.8. The lowest BCUT2D eigenvalue weighted by molar-refractivity contribution is -0.244. The molecule has 0 radical (unpaired) electrons. The number of carbonyl (C=O) groups excluding carboxylic acids is 2. The first-order chi connectivity index (χ1) is 15.3. The number of rotatable bonds is 9. The van der Waals surface area contributed by atoms with E-state index in [-0.39, 0.29) is 30.1 Å². The number of hydrogen-bond acceptors (Lipinski definition) is 8. The minimum Gasteiger partial charge on any atom is -0.351 e. The molecule has 0 unspecified atom stereocenters. The number of aliphatic imine (C=N–C) groups is 1. The Hall–Kier alpha value is -2.79. The number of nitrogens with zero attached hydrogens (tertiary/aromatic N) is 5. The van der Waals surface area contributed by atoms with Crippen molar-refractivity contribution in [2.75, 3.05) is 32.8 Å². The largest absolute Gasteiger partial charge is 0.351 e. The number of aromatic nitrogens is 2. The molecule has 0 saturated carbocycles. The van der Waals surface area contributed by atoms with E-state index >= 15 is 0 Å². The molecule has 3 amide bonds. The van der Waals surface area contributed by atoms with Crippen LogP contribution in [0.5, 0.6) is 0 Å². The van der Waals surface area contributed by atoms with E-state index in [4.69, 9.17) is 5.26 Å². The Morgan fingerprint density at radius 1 is 1.34 bits per heavy atom. The third-order valence-electron chi connectivity index (χ3n) is 5.72. The molecule has 32 heavy (non-hydrogen) atoms. The van der Waals surface area contributed by atoms with Gasteiger partial charge in [-0.2, -0.15) is 0 Å². The SMILES string of the molecule is Cc1ncc([C@H](CCOO)N2CCN(CCCC(=O)NC3=NCCC(C)(C)N3)C2=O)cn1. The second-order valence-corrected chi connectivity index (χ2v) is 8.81. The van der Waals surface area contributed by atoms with Gasteiger partial charge in [0.1, 0.15) is 5.82 Å². The zero-order chi connectivity index (χ0) is 23.1. The van der Waals surface area contributed by atoms with E-state index in [9.17, 15) is 9.59 Å². The van der Waals surface area contributed by atoms with Crippen LogP contribution in [0, 0.1) is 6.92 Å². The number of guanidine groups is 1. The van der Waals surface area contributed by atoms with Gasteiger partial charge in [0.15, 0.2) is 5.96 Å². The molecule has 0 aromatic carbocycles. The van der Waals surface area contributed by atoms with Gasteiger partial charge in [-0.05, 0) is 40.0 Å². The van der Waals surface area contributed by atoms with E-state index in [1.165, 1.54) is 0 Å². The number of hydrogen-bond donors (Lipinski definition) is 3. The van der Waals surface area contributed by atoms with E-state index in [1.807, 2.05) is 0 Å². The minimum absolute atomic E-state index is 0.0874. The van der Waals surface area contributed by atoms with Crippen molar-refractivity contribution in [2.24, 2.45) is 4.99 Å². The number of amides is 3. The first kappa shape index (κ1) is 23.9. The predicted octanol–water partition coefficient (Wildman–Crippen LogP) is 1.47. The van der Waals surface area contributed by atoms with E-state index in [1.54, 1.807) is 29.1 Å². The summed E-state index contributed by atoms with van der Waals surface area (Å²) < 4.78 is 0. The molecule has 3 rings (SSSR count). The lowest BCUT2D eigenvalue weighted by atomic mass is 10.00. The molecule has 0 aliphatic carbocycles. The molecule has 2 aliphatic heterocycles. The summed E-state index contributed by atoms with van der Waals surface area (Å²) in [5, 5.41) is 14.8. The molecule has 1 atom stereocenters. The zero-order valence-electron chi connectivity index (χ0n) is 19.0. The first-order valence-corrected chi connectivity index (χ1v) is 11.0. The third kappa shape index (κ3) is 6.36. The summed E-state index contributed by atoms with van der Waals surface area (Å²) in [6.07, 6.45) is 5.61. The van der Waals surface area contributed by atoms with Crippen LogP contribution in [0.15, 0.2) is 17.4 Å². The Kier molecular flexibility index (Phi) is 7.97. The summed E-state index contributed by atoms with van der Waals surface area (Å²) in [7, 11) is 0. The fraction of sp³-hybridized carbons (Fsp3) is 0.667. The van der Waals surface area contributed by atoms with Crippen molar-refractivity contribution in [2.45, 2.75) is 58.0 Å². The molecule has 0 spiro atoms. The van der Waals surface area contributed by atoms with Gasteiger partial charge >= 0.3 is 6.03 Å².